The summed E-state index contributed by atoms with van der Waals surface area (Å²) >= 11 is 0. The van der Waals surface area contributed by atoms with Crippen LogP contribution < -0.4 is 15.6 Å². The van der Waals surface area contributed by atoms with Gasteiger partial charge in [0, 0.05) is 32.3 Å². The van der Waals surface area contributed by atoms with Gasteiger partial charge >= 0.3 is 0 Å². The Kier molecular flexibility index (Phi) is 3.71. The Morgan fingerprint density at radius 3 is 2.95 bits per heavy atom. The highest BCUT2D eigenvalue weighted by Gasteiger charge is 2.18. The molecule has 0 spiro atoms. The molecule has 1 aliphatic rings. The molecule has 1 aromatic heterocycles. The lowest BCUT2D eigenvalue weighted by Gasteiger charge is -2.08. The zero-order valence-corrected chi connectivity index (χ0v) is 12.6. The normalized spacial score (nSPS) is 16.0. The first-order valence-corrected chi connectivity index (χ1v) is 7.26. The summed E-state index contributed by atoms with van der Waals surface area (Å²) < 4.78 is 7.05. The summed E-state index contributed by atoms with van der Waals surface area (Å²) in [5, 5.41) is 2.87. The summed E-state index contributed by atoms with van der Waals surface area (Å²) in [7, 11) is 1.63. The minimum Gasteiger partial charge on any atom is -0.490 e. The predicted molar refractivity (Wildman–Crippen MR) is 83.1 cm³/mol. The Hall–Kier alpha value is -2.56. The van der Waals surface area contributed by atoms with Crippen molar-refractivity contribution in [3.63, 3.8) is 0 Å². The fraction of sp³-hybridized carbons (Fsp3) is 0.294. The molecule has 1 aliphatic heterocycles. The summed E-state index contributed by atoms with van der Waals surface area (Å²) in [6, 6.07) is 8.91. The molecular weight excluding hydrogens is 280 g/mol. The number of aromatic nitrogens is 1. The van der Waals surface area contributed by atoms with Gasteiger partial charge in [0.2, 0.25) is 5.56 Å². The minimum absolute atomic E-state index is 0.135. The molecule has 22 heavy (non-hydrogen) atoms. The third-order valence-electron chi connectivity index (χ3n) is 3.76. The second-order valence-corrected chi connectivity index (χ2v) is 5.62. The maximum Gasteiger partial charge on any atom is 0.253 e. The second-order valence-electron chi connectivity index (χ2n) is 5.62. The Morgan fingerprint density at radius 2 is 2.18 bits per heavy atom. The number of hydrogen-bond donors (Lipinski definition) is 1. The van der Waals surface area contributed by atoms with Crippen LogP contribution in [0.5, 0.6) is 5.75 Å². The molecule has 0 saturated carbocycles. The molecule has 1 unspecified atom stereocenters. The number of carbonyl (C=O) groups is 1. The molecule has 0 saturated heterocycles. The zero-order valence-electron chi connectivity index (χ0n) is 12.6. The number of hydrogen-bond acceptors (Lipinski definition) is 3. The maximum absolute atomic E-state index is 12.1. The van der Waals surface area contributed by atoms with Crippen LogP contribution in [-0.2, 0) is 20.0 Å². The van der Waals surface area contributed by atoms with Crippen molar-refractivity contribution in [2.75, 3.05) is 0 Å². The SMILES string of the molecule is CC1Cc2cc(CNC(=O)c3ccc(=O)n(C)c3)ccc2O1. The summed E-state index contributed by atoms with van der Waals surface area (Å²) in [5.74, 6) is 0.737. The van der Waals surface area contributed by atoms with Crippen molar-refractivity contribution in [2.24, 2.45) is 7.05 Å². The lowest BCUT2D eigenvalue weighted by molar-refractivity contribution is 0.0950. The van der Waals surface area contributed by atoms with Gasteiger partial charge in [-0.25, -0.2) is 0 Å². The van der Waals surface area contributed by atoms with Gasteiger partial charge in [-0.05, 0) is 30.2 Å². The molecule has 0 aliphatic carbocycles. The van der Waals surface area contributed by atoms with Crippen LogP contribution in [0.3, 0.4) is 0 Å². The van der Waals surface area contributed by atoms with E-state index in [1.54, 1.807) is 7.05 Å². The standard InChI is InChI=1S/C17H18N2O3/c1-11-7-14-8-12(3-5-15(14)22-11)9-18-17(21)13-4-6-16(20)19(2)10-13/h3-6,8,10-11H,7,9H2,1-2H3,(H,18,21). The maximum atomic E-state index is 12.1. The lowest BCUT2D eigenvalue weighted by atomic mass is 10.1. The van der Waals surface area contributed by atoms with Crippen molar-refractivity contribution in [2.45, 2.75) is 26.0 Å². The minimum atomic E-state index is -0.194. The largest absolute Gasteiger partial charge is 0.490 e. The zero-order chi connectivity index (χ0) is 15.7. The van der Waals surface area contributed by atoms with Gasteiger partial charge in [0.05, 0.1) is 5.56 Å². The highest BCUT2D eigenvalue weighted by molar-refractivity contribution is 5.93. The molecule has 5 nitrogen and oxygen atoms in total. The number of benzene rings is 1. The Morgan fingerprint density at radius 1 is 1.36 bits per heavy atom. The van der Waals surface area contributed by atoms with Gasteiger partial charge in [0.1, 0.15) is 11.9 Å². The lowest BCUT2D eigenvalue weighted by Crippen LogP contribution is -2.25. The predicted octanol–water partition coefficient (Wildman–Crippen LogP) is 1.64. The number of nitrogens with zero attached hydrogens (tertiary/aromatic N) is 1. The van der Waals surface area contributed by atoms with E-state index < -0.39 is 0 Å². The first kappa shape index (κ1) is 14.4. The van der Waals surface area contributed by atoms with E-state index in [9.17, 15) is 9.59 Å². The fourth-order valence-electron chi connectivity index (χ4n) is 2.60. The van der Waals surface area contributed by atoms with E-state index in [1.165, 1.54) is 28.5 Å². The Bertz CT molecular complexity index is 780. The van der Waals surface area contributed by atoms with E-state index >= 15 is 0 Å². The third-order valence-corrected chi connectivity index (χ3v) is 3.76. The fourth-order valence-corrected chi connectivity index (χ4v) is 2.60. The Balaban J connectivity index is 1.67. The van der Waals surface area contributed by atoms with Gasteiger partial charge < -0.3 is 14.6 Å². The topological polar surface area (TPSA) is 60.3 Å². The average Bonchev–Trinajstić information content (AvgIpc) is 2.86. The van der Waals surface area contributed by atoms with Gasteiger partial charge in [-0.15, -0.1) is 0 Å². The van der Waals surface area contributed by atoms with Crippen molar-refractivity contribution < 1.29 is 9.53 Å². The number of rotatable bonds is 3. The smallest absolute Gasteiger partial charge is 0.253 e. The van der Waals surface area contributed by atoms with Crippen molar-refractivity contribution >= 4 is 5.91 Å². The number of ether oxygens (including phenoxy) is 1. The molecule has 0 radical (unpaired) electrons. The number of fused-ring (bicyclic) bond motifs is 1. The van der Waals surface area contributed by atoms with Crippen LogP contribution in [0, 0.1) is 0 Å². The number of nitrogens with one attached hydrogen (secondary N) is 1. The molecule has 5 heteroatoms. The third kappa shape index (κ3) is 2.88. The summed E-state index contributed by atoms with van der Waals surface area (Å²) in [5.41, 5.74) is 2.56. The van der Waals surface area contributed by atoms with Crippen molar-refractivity contribution in [1.29, 1.82) is 0 Å². The van der Waals surface area contributed by atoms with Crippen LogP contribution in [0.2, 0.25) is 0 Å². The number of amides is 1. The average molecular weight is 298 g/mol. The highest BCUT2D eigenvalue weighted by atomic mass is 16.5. The molecule has 3 rings (SSSR count). The number of pyridine rings is 1. The molecule has 114 valence electrons. The van der Waals surface area contributed by atoms with Gasteiger partial charge in [0.25, 0.3) is 5.91 Å². The molecule has 0 bridgehead atoms. The first-order chi connectivity index (χ1) is 10.5. The van der Waals surface area contributed by atoms with E-state index in [0.717, 1.165) is 17.7 Å². The van der Waals surface area contributed by atoms with Crippen molar-refractivity contribution in [1.82, 2.24) is 9.88 Å². The van der Waals surface area contributed by atoms with Crippen molar-refractivity contribution in [3.8, 4) is 5.75 Å². The molecule has 1 aromatic carbocycles. The van der Waals surface area contributed by atoms with Crippen LogP contribution >= 0.6 is 0 Å². The van der Waals surface area contributed by atoms with Crippen LogP contribution in [-0.4, -0.2) is 16.6 Å². The van der Waals surface area contributed by atoms with Crippen LogP contribution in [0.15, 0.2) is 41.3 Å². The van der Waals surface area contributed by atoms with Crippen LogP contribution in [0.1, 0.15) is 28.4 Å². The monoisotopic (exact) mass is 298 g/mol. The highest BCUT2D eigenvalue weighted by Crippen LogP contribution is 2.29. The molecule has 1 amide bonds. The Labute approximate surface area is 128 Å². The van der Waals surface area contributed by atoms with Gasteiger partial charge in [0.15, 0.2) is 0 Å². The summed E-state index contributed by atoms with van der Waals surface area (Å²) in [6.45, 7) is 2.49. The molecule has 1 N–H and O–H groups in total. The molecule has 1 atom stereocenters. The van der Waals surface area contributed by atoms with Crippen molar-refractivity contribution in [3.05, 3.63) is 63.6 Å². The number of aryl methyl sites for hydroxylation is 1. The van der Waals surface area contributed by atoms with Gasteiger partial charge in [-0.3, -0.25) is 9.59 Å². The van der Waals surface area contributed by atoms with E-state index in [4.69, 9.17) is 4.74 Å². The van der Waals surface area contributed by atoms with E-state index in [0.29, 0.717) is 12.1 Å². The second kappa shape index (κ2) is 5.67. The molecule has 0 fully saturated rings. The quantitative estimate of drug-likeness (QED) is 0.937. The van der Waals surface area contributed by atoms with Gasteiger partial charge in [-0.2, -0.15) is 0 Å². The van der Waals surface area contributed by atoms with E-state index in [-0.39, 0.29) is 17.6 Å². The molecule has 2 heterocycles. The van der Waals surface area contributed by atoms with Gasteiger partial charge in [-0.1, -0.05) is 12.1 Å². The molecular formula is C17H18N2O3. The summed E-state index contributed by atoms with van der Waals surface area (Å²) in [6.07, 6.45) is 2.65. The molecule has 2 aromatic rings. The van der Waals surface area contributed by atoms with E-state index in [1.807, 2.05) is 19.1 Å². The van der Waals surface area contributed by atoms with Crippen LogP contribution in [0.25, 0.3) is 0 Å². The summed E-state index contributed by atoms with van der Waals surface area (Å²) in [4.78, 5) is 23.4. The first-order valence-electron chi connectivity index (χ1n) is 7.26. The number of carbonyl (C=O) groups excluding carboxylic acids is 1. The van der Waals surface area contributed by atoms with Crippen LogP contribution in [0.4, 0.5) is 0 Å². The van der Waals surface area contributed by atoms with E-state index in [2.05, 4.69) is 11.4 Å².